The van der Waals surface area contributed by atoms with Crippen molar-refractivity contribution in [3.8, 4) is 5.88 Å². The Bertz CT molecular complexity index is 277. The first-order valence-corrected chi connectivity index (χ1v) is 3.36. The Morgan fingerprint density at radius 3 is 2.64 bits per heavy atom. The molecule has 2 N–H and O–H groups in total. The van der Waals surface area contributed by atoms with Crippen molar-refractivity contribution in [1.82, 2.24) is 9.97 Å². The zero-order chi connectivity index (χ0) is 8.43. The van der Waals surface area contributed by atoms with Crippen molar-refractivity contribution in [2.75, 3.05) is 12.8 Å². The zero-order valence-electron chi connectivity index (χ0n) is 6.26. The van der Waals surface area contributed by atoms with E-state index in [0.717, 1.165) is 0 Å². The number of aromatic nitrogens is 2. The van der Waals surface area contributed by atoms with E-state index in [-0.39, 0.29) is 10.8 Å². The summed E-state index contributed by atoms with van der Waals surface area (Å²) in [6.45, 7) is 1.72. The highest BCUT2D eigenvalue weighted by atomic mass is 35.5. The highest BCUT2D eigenvalue weighted by Gasteiger charge is 2.07. The molecule has 0 bridgehead atoms. The molecule has 0 aliphatic carbocycles. The first-order chi connectivity index (χ1) is 5.15. The van der Waals surface area contributed by atoms with Crippen LogP contribution in [0.5, 0.6) is 5.88 Å². The molecule has 0 saturated carbocycles. The Labute approximate surface area is 69.4 Å². The molecule has 0 amide bonds. The van der Waals surface area contributed by atoms with Gasteiger partial charge in [0, 0.05) is 0 Å². The molecular weight excluding hydrogens is 166 g/mol. The van der Waals surface area contributed by atoms with Gasteiger partial charge in [0.05, 0.1) is 7.11 Å². The van der Waals surface area contributed by atoms with Crippen LogP contribution in [0.2, 0.25) is 5.02 Å². The maximum atomic E-state index is 5.69. The van der Waals surface area contributed by atoms with E-state index < -0.39 is 0 Å². The van der Waals surface area contributed by atoms with E-state index in [2.05, 4.69) is 9.97 Å². The number of rotatable bonds is 1. The third-order valence-electron chi connectivity index (χ3n) is 1.15. The summed E-state index contributed by atoms with van der Waals surface area (Å²) in [5.74, 6) is 1.11. The normalized spacial score (nSPS) is 9.73. The van der Waals surface area contributed by atoms with Gasteiger partial charge >= 0.3 is 0 Å². The zero-order valence-corrected chi connectivity index (χ0v) is 7.01. The van der Waals surface area contributed by atoms with Crippen LogP contribution in [-0.2, 0) is 0 Å². The van der Waals surface area contributed by atoms with Crippen LogP contribution in [0.4, 0.5) is 5.82 Å². The number of methoxy groups -OCH3 is 1. The molecule has 0 radical (unpaired) electrons. The maximum Gasteiger partial charge on any atom is 0.237 e. The van der Waals surface area contributed by atoms with E-state index in [0.29, 0.717) is 11.7 Å². The molecule has 1 heterocycles. The van der Waals surface area contributed by atoms with Gasteiger partial charge in [0.1, 0.15) is 16.7 Å². The van der Waals surface area contributed by atoms with Gasteiger partial charge in [-0.1, -0.05) is 11.6 Å². The minimum Gasteiger partial charge on any atom is -0.480 e. The van der Waals surface area contributed by atoms with Gasteiger partial charge in [0.25, 0.3) is 0 Å². The van der Waals surface area contributed by atoms with Crippen molar-refractivity contribution < 1.29 is 4.74 Å². The molecule has 5 heteroatoms. The van der Waals surface area contributed by atoms with Crippen molar-refractivity contribution in [2.45, 2.75) is 6.92 Å². The summed E-state index contributed by atoms with van der Waals surface area (Å²) in [7, 11) is 1.48. The van der Waals surface area contributed by atoms with Crippen molar-refractivity contribution >= 4 is 17.4 Å². The fourth-order valence-electron chi connectivity index (χ4n) is 0.689. The Balaban J connectivity index is 3.24. The molecule has 4 nitrogen and oxygen atoms in total. The molecule has 0 aromatic carbocycles. The predicted molar refractivity (Wildman–Crippen MR) is 42.7 cm³/mol. The van der Waals surface area contributed by atoms with Crippen molar-refractivity contribution in [3.63, 3.8) is 0 Å². The van der Waals surface area contributed by atoms with Gasteiger partial charge in [-0.05, 0) is 6.92 Å². The number of ether oxygens (including phenoxy) is 1. The summed E-state index contributed by atoms with van der Waals surface area (Å²) in [6, 6.07) is 0. The molecule has 1 rings (SSSR count). The van der Waals surface area contributed by atoms with Crippen molar-refractivity contribution in [1.29, 1.82) is 0 Å². The number of halogens is 1. The topological polar surface area (TPSA) is 61.0 Å². The average molecular weight is 174 g/mol. The summed E-state index contributed by atoms with van der Waals surface area (Å²) in [6.07, 6.45) is 0. The fraction of sp³-hybridized carbons (Fsp3) is 0.333. The molecule has 0 unspecified atom stereocenters. The Hall–Kier alpha value is -1.03. The third-order valence-corrected chi connectivity index (χ3v) is 1.51. The molecule has 0 saturated heterocycles. The fourth-order valence-corrected chi connectivity index (χ4v) is 0.851. The molecule has 0 aliphatic rings. The van der Waals surface area contributed by atoms with Gasteiger partial charge in [-0.3, -0.25) is 0 Å². The number of aryl methyl sites for hydroxylation is 1. The van der Waals surface area contributed by atoms with Crippen LogP contribution in [-0.4, -0.2) is 17.1 Å². The number of anilines is 1. The predicted octanol–water partition coefficient (Wildman–Crippen LogP) is 1.03. The van der Waals surface area contributed by atoms with Crippen LogP contribution < -0.4 is 10.5 Å². The Morgan fingerprint density at radius 2 is 2.09 bits per heavy atom. The standard InChI is InChI=1S/C6H8ClN3O/c1-3-9-5(8)4(7)6(10-3)11-2/h1-2H3,(H2,8,9,10). The molecule has 1 aromatic rings. The Kier molecular flexibility index (Phi) is 2.14. The lowest BCUT2D eigenvalue weighted by Gasteiger charge is -2.03. The average Bonchev–Trinajstić information content (AvgIpc) is 1.96. The smallest absolute Gasteiger partial charge is 0.237 e. The second kappa shape index (κ2) is 2.92. The largest absolute Gasteiger partial charge is 0.480 e. The van der Waals surface area contributed by atoms with Gasteiger partial charge < -0.3 is 10.5 Å². The highest BCUT2D eigenvalue weighted by Crippen LogP contribution is 2.25. The quantitative estimate of drug-likeness (QED) is 0.689. The summed E-state index contributed by atoms with van der Waals surface area (Å²) in [5, 5.41) is 0.262. The molecule has 1 aromatic heterocycles. The lowest BCUT2D eigenvalue weighted by atomic mass is 10.5. The van der Waals surface area contributed by atoms with E-state index >= 15 is 0 Å². The lowest BCUT2D eigenvalue weighted by Crippen LogP contribution is -1.99. The van der Waals surface area contributed by atoms with Crippen molar-refractivity contribution in [3.05, 3.63) is 10.8 Å². The number of nitrogen functional groups attached to an aromatic ring is 1. The molecule has 0 aliphatic heterocycles. The molecule has 60 valence electrons. The van der Waals surface area contributed by atoms with Gasteiger partial charge in [0.15, 0.2) is 0 Å². The van der Waals surface area contributed by atoms with Crippen LogP contribution in [0, 0.1) is 6.92 Å². The van der Waals surface area contributed by atoms with Crippen LogP contribution in [0.15, 0.2) is 0 Å². The molecule has 0 atom stereocenters. The first kappa shape index (κ1) is 8.07. The summed E-state index contributed by atoms with van der Waals surface area (Å²) in [4.78, 5) is 7.74. The van der Waals surface area contributed by atoms with Gasteiger partial charge in [-0.25, -0.2) is 4.98 Å². The minimum atomic E-state index is 0.246. The third kappa shape index (κ3) is 1.51. The van der Waals surface area contributed by atoms with Crippen LogP contribution in [0.3, 0.4) is 0 Å². The SMILES string of the molecule is COc1nc(C)nc(N)c1Cl. The van der Waals surface area contributed by atoms with Gasteiger partial charge in [-0.2, -0.15) is 4.98 Å². The van der Waals surface area contributed by atoms with Gasteiger partial charge in [0.2, 0.25) is 5.88 Å². The summed E-state index contributed by atoms with van der Waals surface area (Å²) in [5.41, 5.74) is 5.43. The second-order valence-corrected chi connectivity index (χ2v) is 2.36. The summed E-state index contributed by atoms with van der Waals surface area (Å²) < 4.78 is 4.84. The van der Waals surface area contributed by atoms with Crippen LogP contribution >= 0.6 is 11.6 Å². The van der Waals surface area contributed by atoms with E-state index in [1.807, 2.05) is 0 Å². The Morgan fingerprint density at radius 1 is 1.45 bits per heavy atom. The monoisotopic (exact) mass is 173 g/mol. The van der Waals surface area contributed by atoms with Crippen LogP contribution in [0.25, 0.3) is 0 Å². The first-order valence-electron chi connectivity index (χ1n) is 2.98. The number of hydrogen-bond acceptors (Lipinski definition) is 4. The number of hydrogen-bond donors (Lipinski definition) is 1. The second-order valence-electron chi connectivity index (χ2n) is 1.98. The molecule has 11 heavy (non-hydrogen) atoms. The van der Waals surface area contributed by atoms with Crippen LogP contribution in [0.1, 0.15) is 5.82 Å². The highest BCUT2D eigenvalue weighted by molar-refractivity contribution is 6.34. The van der Waals surface area contributed by atoms with E-state index in [1.54, 1.807) is 6.92 Å². The van der Waals surface area contributed by atoms with E-state index in [4.69, 9.17) is 22.1 Å². The maximum absolute atomic E-state index is 5.69. The summed E-state index contributed by atoms with van der Waals surface area (Å²) >= 11 is 5.69. The molecule has 0 spiro atoms. The van der Waals surface area contributed by atoms with E-state index in [9.17, 15) is 0 Å². The van der Waals surface area contributed by atoms with Crippen molar-refractivity contribution in [2.24, 2.45) is 0 Å². The van der Waals surface area contributed by atoms with E-state index in [1.165, 1.54) is 7.11 Å². The minimum absolute atomic E-state index is 0.246. The number of nitrogens with two attached hydrogens (primary N) is 1. The lowest BCUT2D eigenvalue weighted by molar-refractivity contribution is 0.396. The molecular formula is C6H8ClN3O. The number of nitrogens with zero attached hydrogens (tertiary/aromatic N) is 2. The van der Waals surface area contributed by atoms with Gasteiger partial charge in [-0.15, -0.1) is 0 Å². The molecule has 0 fully saturated rings.